The highest BCUT2D eigenvalue weighted by atomic mass is 32.2. The van der Waals surface area contributed by atoms with Crippen LogP contribution in [0, 0.1) is 24.0 Å². The first-order valence-electron chi connectivity index (χ1n) is 9.11. The number of ether oxygens (including phenoxy) is 2. The first-order valence-corrected chi connectivity index (χ1v) is 10.8. The van der Waals surface area contributed by atoms with Crippen molar-refractivity contribution in [3.8, 4) is 5.75 Å². The van der Waals surface area contributed by atoms with Gasteiger partial charge < -0.3 is 14.8 Å². The Morgan fingerprint density at radius 2 is 1.77 bits per heavy atom. The van der Waals surface area contributed by atoms with Gasteiger partial charge in [0, 0.05) is 17.8 Å². The molecule has 0 aromatic heterocycles. The number of carbonyl (C=O) groups excluding carboxylic acids is 2. The standard InChI is InChI=1S/C20H22N2O8S/c1-13-4-6-15(7-5-13)31(27,28)9-8-20(24)30-12-19(23)21-16-11-18(29-3)17(22(25)26)10-14(16)2/h4-7,10-11H,8-9,12H2,1-3H3,(H,21,23). The zero-order valence-corrected chi connectivity index (χ0v) is 18.0. The molecule has 0 aliphatic carbocycles. The van der Waals surface area contributed by atoms with E-state index in [1.54, 1.807) is 19.1 Å². The van der Waals surface area contributed by atoms with Gasteiger partial charge in [-0.15, -0.1) is 0 Å². The minimum absolute atomic E-state index is 0.0378. The van der Waals surface area contributed by atoms with Crippen LogP contribution < -0.4 is 10.1 Å². The lowest BCUT2D eigenvalue weighted by atomic mass is 10.1. The molecule has 0 aliphatic rings. The molecule has 11 heteroatoms. The molecule has 31 heavy (non-hydrogen) atoms. The SMILES string of the molecule is COc1cc(NC(=O)COC(=O)CCS(=O)(=O)c2ccc(C)cc2)c(C)cc1[N+](=O)[O-]. The number of nitrogens with zero attached hydrogens (tertiary/aromatic N) is 1. The third-order valence-corrected chi connectivity index (χ3v) is 6.05. The summed E-state index contributed by atoms with van der Waals surface area (Å²) in [7, 11) is -2.39. The largest absolute Gasteiger partial charge is 0.490 e. The average Bonchev–Trinajstić information content (AvgIpc) is 2.72. The summed E-state index contributed by atoms with van der Waals surface area (Å²) in [5, 5.41) is 13.5. The van der Waals surface area contributed by atoms with Gasteiger partial charge in [-0.25, -0.2) is 8.42 Å². The number of rotatable bonds is 9. The molecule has 10 nitrogen and oxygen atoms in total. The number of aryl methyl sites for hydroxylation is 2. The van der Waals surface area contributed by atoms with Crippen molar-refractivity contribution in [3.63, 3.8) is 0 Å². The van der Waals surface area contributed by atoms with Crippen LogP contribution in [0.5, 0.6) is 5.75 Å². The predicted molar refractivity (Wildman–Crippen MR) is 112 cm³/mol. The molecule has 0 fully saturated rings. The minimum Gasteiger partial charge on any atom is -0.490 e. The van der Waals surface area contributed by atoms with E-state index in [9.17, 15) is 28.1 Å². The number of esters is 1. The summed E-state index contributed by atoms with van der Waals surface area (Å²) in [6.45, 7) is 2.75. The fraction of sp³-hybridized carbons (Fsp3) is 0.300. The van der Waals surface area contributed by atoms with Gasteiger partial charge in [0.05, 0.1) is 29.1 Å². The summed E-state index contributed by atoms with van der Waals surface area (Å²) in [5.41, 5.74) is 1.33. The minimum atomic E-state index is -3.65. The van der Waals surface area contributed by atoms with Crippen LogP contribution >= 0.6 is 0 Å². The van der Waals surface area contributed by atoms with Crippen LogP contribution in [0.1, 0.15) is 17.5 Å². The molecule has 0 heterocycles. The molecule has 0 saturated heterocycles. The summed E-state index contributed by atoms with van der Waals surface area (Å²) < 4.78 is 34.3. The summed E-state index contributed by atoms with van der Waals surface area (Å²) >= 11 is 0. The molecule has 0 unspecified atom stereocenters. The van der Waals surface area contributed by atoms with Crippen LogP contribution in [0.25, 0.3) is 0 Å². The van der Waals surface area contributed by atoms with Gasteiger partial charge in [0.1, 0.15) is 0 Å². The molecule has 1 amide bonds. The molecule has 0 bridgehead atoms. The van der Waals surface area contributed by atoms with E-state index in [4.69, 9.17) is 9.47 Å². The van der Waals surface area contributed by atoms with Crippen LogP contribution in [-0.4, -0.2) is 44.7 Å². The monoisotopic (exact) mass is 450 g/mol. The lowest BCUT2D eigenvalue weighted by Gasteiger charge is -2.11. The molecular formula is C20H22N2O8S. The Labute approximate surface area is 179 Å². The van der Waals surface area contributed by atoms with Gasteiger partial charge in [-0.05, 0) is 31.5 Å². The van der Waals surface area contributed by atoms with Crippen LogP contribution in [0.3, 0.4) is 0 Å². The van der Waals surface area contributed by atoms with E-state index in [1.807, 2.05) is 6.92 Å². The molecule has 1 N–H and O–H groups in total. The highest BCUT2D eigenvalue weighted by Gasteiger charge is 2.20. The highest BCUT2D eigenvalue weighted by molar-refractivity contribution is 7.91. The predicted octanol–water partition coefficient (Wildman–Crippen LogP) is 2.57. The Morgan fingerprint density at radius 3 is 2.35 bits per heavy atom. The van der Waals surface area contributed by atoms with E-state index >= 15 is 0 Å². The zero-order valence-electron chi connectivity index (χ0n) is 17.2. The van der Waals surface area contributed by atoms with Crippen LogP contribution in [0.15, 0.2) is 41.3 Å². The van der Waals surface area contributed by atoms with Crippen LogP contribution in [-0.2, 0) is 24.2 Å². The molecule has 0 atom stereocenters. The van der Waals surface area contributed by atoms with Gasteiger partial charge >= 0.3 is 11.7 Å². The number of hydrogen-bond acceptors (Lipinski definition) is 8. The Kier molecular flexibility index (Phi) is 7.70. The molecular weight excluding hydrogens is 428 g/mol. The maximum absolute atomic E-state index is 12.3. The van der Waals surface area contributed by atoms with Crippen molar-refractivity contribution in [1.29, 1.82) is 0 Å². The van der Waals surface area contributed by atoms with E-state index < -0.39 is 45.4 Å². The zero-order chi connectivity index (χ0) is 23.2. The Balaban J connectivity index is 1.90. The fourth-order valence-corrected chi connectivity index (χ4v) is 3.82. The maximum Gasteiger partial charge on any atom is 0.311 e. The second kappa shape index (κ2) is 10.0. The molecule has 0 saturated carbocycles. The number of benzene rings is 2. The number of nitro groups is 1. The van der Waals surface area contributed by atoms with E-state index in [0.29, 0.717) is 5.56 Å². The number of carbonyl (C=O) groups is 2. The van der Waals surface area contributed by atoms with Crippen molar-refractivity contribution in [1.82, 2.24) is 0 Å². The van der Waals surface area contributed by atoms with Gasteiger partial charge in [0.15, 0.2) is 22.2 Å². The number of sulfone groups is 1. The lowest BCUT2D eigenvalue weighted by molar-refractivity contribution is -0.385. The van der Waals surface area contributed by atoms with Gasteiger partial charge in [-0.3, -0.25) is 19.7 Å². The Bertz CT molecular complexity index is 1090. The van der Waals surface area contributed by atoms with E-state index in [0.717, 1.165) is 5.56 Å². The van der Waals surface area contributed by atoms with Gasteiger partial charge in [0.2, 0.25) is 0 Å². The van der Waals surface area contributed by atoms with Crippen molar-refractivity contribution < 1.29 is 32.4 Å². The summed E-state index contributed by atoms with van der Waals surface area (Å²) in [6, 6.07) is 8.78. The Hall–Kier alpha value is -3.47. The van der Waals surface area contributed by atoms with Gasteiger partial charge in [0.25, 0.3) is 5.91 Å². The smallest absolute Gasteiger partial charge is 0.311 e. The van der Waals surface area contributed by atoms with Crippen LogP contribution in [0.2, 0.25) is 0 Å². The summed E-state index contributed by atoms with van der Waals surface area (Å²) in [5.74, 6) is -2.02. The number of nitro benzene ring substituents is 1. The lowest BCUT2D eigenvalue weighted by Crippen LogP contribution is -2.22. The molecule has 0 aliphatic heterocycles. The number of hydrogen-bond donors (Lipinski definition) is 1. The third-order valence-electron chi connectivity index (χ3n) is 4.32. The fourth-order valence-electron chi connectivity index (χ4n) is 2.60. The second-order valence-corrected chi connectivity index (χ2v) is 8.80. The van der Waals surface area contributed by atoms with Gasteiger partial charge in [-0.1, -0.05) is 17.7 Å². The van der Waals surface area contributed by atoms with Crippen LogP contribution in [0.4, 0.5) is 11.4 Å². The van der Waals surface area contributed by atoms with E-state index in [-0.39, 0.29) is 22.0 Å². The number of nitrogens with one attached hydrogen (secondary N) is 1. The number of amides is 1. The van der Waals surface area contributed by atoms with Crippen molar-refractivity contribution in [3.05, 3.63) is 57.6 Å². The normalized spacial score (nSPS) is 10.9. The first-order chi connectivity index (χ1) is 14.5. The van der Waals surface area contributed by atoms with Crippen molar-refractivity contribution in [2.75, 3.05) is 24.8 Å². The summed E-state index contributed by atoms with van der Waals surface area (Å²) in [6.07, 6.45) is -0.409. The quantitative estimate of drug-likeness (QED) is 0.349. The van der Waals surface area contributed by atoms with Crippen molar-refractivity contribution in [2.24, 2.45) is 0 Å². The highest BCUT2D eigenvalue weighted by Crippen LogP contribution is 2.32. The van der Waals surface area contributed by atoms with E-state index in [2.05, 4.69) is 5.32 Å². The number of anilines is 1. The number of methoxy groups -OCH3 is 1. The molecule has 0 spiro atoms. The molecule has 166 valence electrons. The molecule has 2 aromatic carbocycles. The topological polar surface area (TPSA) is 142 Å². The van der Waals surface area contributed by atoms with Crippen molar-refractivity contribution in [2.45, 2.75) is 25.2 Å². The second-order valence-electron chi connectivity index (χ2n) is 6.69. The third kappa shape index (κ3) is 6.51. The summed E-state index contributed by atoms with van der Waals surface area (Å²) in [4.78, 5) is 34.4. The van der Waals surface area contributed by atoms with Gasteiger partial charge in [-0.2, -0.15) is 0 Å². The molecule has 0 radical (unpaired) electrons. The maximum atomic E-state index is 12.3. The van der Waals surface area contributed by atoms with E-state index in [1.165, 1.54) is 31.4 Å². The average molecular weight is 450 g/mol. The Morgan fingerprint density at radius 1 is 1.13 bits per heavy atom. The first kappa shape index (κ1) is 23.8. The molecule has 2 aromatic rings. The van der Waals surface area contributed by atoms with Crippen molar-refractivity contribution >= 4 is 33.1 Å². The molecule has 2 rings (SSSR count).